The first kappa shape index (κ1) is 23.6. The summed E-state index contributed by atoms with van der Waals surface area (Å²) in [6.45, 7) is 1.31. The molecular weight excluding hydrogens is 478 g/mol. The number of carbonyl (C=O) groups is 1. The van der Waals surface area contributed by atoms with Crippen LogP contribution in [0.1, 0.15) is 15.4 Å². The summed E-state index contributed by atoms with van der Waals surface area (Å²) in [5.74, 6) is -0.232. The number of benzene rings is 1. The van der Waals surface area contributed by atoms with Crippen LogP contribution in [0.3, 0.4) is 0 Å². The number of thiophene rings is 1. The van der Waals surface area contributed by atoms with Gasteiger partial charge in [-0.2, -0.15) is 0 Å². The molecule has 0 aliphatic carbocycles. The van der Waals surface area contributed by atoms with E-state index in [0.29, 0.717) is 39.4 Å². The monoisotopic (exact) mass is 499 g/mol. The fourth-order valence-corrected chi connectivity index (χ4v) is 4.12. The van der Waals surface area contributed by atoms with Gasteiger partial charge in [0.15, 0.2) is 0 Å². The highest BCUT2D eigenvalue weighted by Gasteiger charge is 2.11. The summed E-state index contributed by atoms with van der Waals surface area (Å²) in [5.41, 5.74) is 0.678. The average Bonchev–Trinajstić information content (AvgIpc) is 3.48. The minimum atomic E-state index is -0.611. The molecule has 1 N–H and O–H groups in total. The van der Waals surface area contributed by atoms with Crippen molar-refractivity contribution in [2.45, 2.75) is 13.1 Å². The van der Waals surface area contributed by atoms with Gasteiger partial charge in [-0.1, -0.05) is 16.8 Å². The van der Waals surface area contributed by atoms with Crippen molar-refractivity contribution in [1.29, 1.82) is 0 Å². The normalized spacial score (nSPS) is 11.2. The van der Waals surface area contributed by atoms with E-state index in [-0.39, 0.29) is 12.5 Å². The van der Waals surface area contributed by atoms with E-state index in [1.165, 1.54) is 20.5 Å². The molecule has 0 unspecified atom stereocenters. The fourth-order valence-electron chi connectivity index (χ4n) is 3.16. The highest BCUT2D eigenvalue weighted by molar-refractivity contribution is 7.17. The predicted molar refractivity (Wildman–Crippen MR) is 130 cm³/mol. The van der Waals surface area contributed by atoms with E-state index in [2.05, 4.69) is 15.6 Å². The largest absolute Gasteiger partial charge is 0.346 e. The maximum Gasteiger partial charge on any atom is 0.320 e. The van der Waals surface area contributed by atoms with Gasteiger partial charge in [0.2, 0.25) is 0 Å². The Bertz CT molecular complexity index is 1420. The third kappa shape index (κ3) is 5.33. The molecule has 176 valence electrons. The van der Waals surface area contributed by atoms with Crippen molar-refractivity contribution >= 4 is 28.8 Å². The molecule has 3 heterocycles. The van der Waals surface area contributed by atoms with Crippen molar-refractivity contribution in [3.8, 4) is 11.4 Å². The van der Waals surface area contributed by atoms with Crippen LogP contribution >= 0.6 is 22.9 Å². The van der Waals surface area contributed by atoms with Gasteiger partial charge in [0.25, 0.3) is 5.91 Å². The molecule has 3 aromatic heterocycles. The zero-order chi connectivity index (χ0) is 24.2. The maximum atomic E-state index is 12.6. The number of carbonyl (C=O) groups excluding carboxylic acids is 1. The van der Waals surface area contributed by atoms with Gasteiger partial charge in [-0.25, -0.2) is 4.68 Å². The first-order valence-electron chi connectivity index (χ1n) is 10.3. The molecule has 0 bridgehead atoms. The quantitative estimate of drug-likeness (QED) is 0.370. The van der Waals surface area contributed by atoms with E-state index in [1.54, 1.807) is 59.7 Å². The summed E-state index contributed by atoms with van der Waals surface area (Å²) in [6, 6.07) is 10.3. The number of rotatable bonds is 8. The molecule has 0 aliphatic rings. The second-order valence-corrected chi connectivity index (χ2v) is 9.45. The molecule has 4 rings (SSSR count). The maximum absolute atomic E-state index is 12.6. The zero-order valence-corrected chi connectivity index (χ0v) is 20.1. The lowest BCUT2D eigenvalue weighted by Gasteiger charge is -2.12. The van der Waals surface area contributed by atoms with Crippen LogP contribution < -0.4 is 16.4 Å². The van der Waals surface area contributed by atoms with Gasteiger partial charge in [-0.15, -0.1) is 16.4 Å². The number of amides is 1. The third-order valence-electron chi connectivity index (χ3n) is 5.01. The standard InChI is InChI=1S/C22H22ClN7O3S/c1-27(2)9-10-28-11-12-29(22(33)21(28)32)16-3-5-17(6-4-16)30-14-15(25-26-30)13-24-20(31)18-7-8-19(23)34-18/h3-8,11-12,14H,9-10,13H2,1-2H3,(H,24,31). The van der Waals surface area contributed by atoms with Crippen molar-refractivity contribution in [1.82, 2.24) is 34.3 Å². The summed E-state index contributed by atoms with van der Waals surface area (Å²) in [4.78, 5) is 39.6. The Labute approximate surface area is 203 Å². The van der Waals surface area contributed by atoms with Crippen LogP contribution in [-0.4, -0.2) is 55.6 Å². The Hall–Kier alpha value is -3.54. The number of nitrogens with zero attached hydrogens (tertiary/aromatic N) is 6. The van der Waals surface area contributed by atoms with Crippen molar-refractivity contribution in [2.75, 3.05) is 20.6 Å². The van der Waals surface area contributed by atoms with Crippen molar-refractivity contribution in [3.63, 3.8) is 0 Å². The van der Waals surface area contributed by atoms with Crippen LogP contribution in [0.5, 0.6) is 0 Å². The molecule has 12 heteroatoms. The molecular formula is C22H22ClN7O3S. The lowest BCUT2D eigenvalue weighted by molar-refractivity contribution is 0.0954. The van der Waals surface area contributed by atoms with Crippen LogP contribution in [0.4, 0.5) is 0 Å². The molecule has 0 saturated heterocycles. The number of hydrogen-bond acceptors (Lipinski definition) is 7. The summed E-state index contributed by atoms with van der Waals surface area (Å²) < 4.78 is 4.84. The van der Waals surface area contributed by atoms with Crippen molar-refractivity contribution < 1.29 is 4.79 Å². The second kappa shape index (κ2) is 10.2. The number of likely N-dealkylation sites (N-methyl/N-ethyl adjacent to an activating group) is 1. The Morgan fingerprint density at radius 1 is 1.06 bits per heavy atom. The number of halogens is 1. The van der Waals surface area contributed by atoms with E-state index in [4.69, 9.17) is 11.6 Å². The van der Waals surface area contributed by atoms with E-state index < -0.39 is 11.1 Å². The summed E-state index contributed by atoms with van der Waals surface area (Å²) >= 11 is 7.07. The highest BCUT2D eigenvalue weighted by atomic mass is 35.5. The molecule has 0 aliphatic heterocycles. The van der Waals surface area contributed by atoms with E-state index >= 15 is 0 Å². The summed E-state index contributed by atoms with van der Waals surface area (Å²) in [5, 5.41) is 11.0. The average molecular weight is 500 g/mol. The van der Waals surface area contributed by atoms with E-state index in [9.17, 15) is 14.4 Å². The summed E-state index contributed by atoms with van der Waals surface area (Å²) in [7, 11) is 3.81. The molecule has 34 heavy (non-hydrogen) atoms. The Morgan fingerprint density at radius 2 is 1.79 bits per heavy atom. The van der Waals surface area contributed by atoms with Gasteiger partial charge < -0.3 is 14.8 Å². The van der Waals surface area contributed by atoms with Gasteiger partial charge in [0.1, 0.15) is 5.69 Å². The van der Waals surface area contributed by atoms with Crippen LogP contribution in [0, 0.1) is 0 Å². The van der Waals surface area contributed by atoms with Gasteiger partial charge in [0.05, 0.1) is 27.6 Å². The van der Waals surface area contributed by atoms with Crippen LogP contribution in [0.15, 0.2) is 64.6 Å². The molecule has 0 atom stereocenters. The Balaban J connectivity index is 1.45. The molecule has 1 amide bonds. The first-order chi connectivity index (χ1) is 16.3. The topological polar surface area (TPSA) is 107 Å². The SMILES string of the molecule is CN(C)CCn1ccn(-c2ccc(-n3cc(CNC(=O)c4ccc(Cl)s4)nn3)cc2)c(=O)c1=O. The van der Waals surface area contributed by atoms with E-state index in [1.807, 2.05) is 19.0 Å². The molecule has 4 aromatic rings. The number of nitrogens with one attached hydrogen (secondary N) is 1. The van der Waals surface area contributed by atoms with Crippen LogP contribution in [-0.2, 0) is 13.1 Å². The highest BCUT2D eigenvalue weighted by Crippen LogP contribution is 2.21. The summed E-state index contributed by atoms with van der Waals surface area (Å²) in [6.07, 6.45) is 4.91. The Kier molecular flexibility index (Phi) is 7.06. The first-order valence-corrected chi connectivity index (χ1v) is 11.5. The van der Waals surface area contributed by atoms with Crippen LogP contribution in [0.25, 0.3) is 11.4 Å². The Morgan fingerprint density at radius 3 is 2.47 bits per heavy atom. The van der Waals surface area contributed by atoms with Gasteiger partial charge in [-0.05, 0) is 50.5 Å². The van der Waals surface area contributed by atoms with Gasteiger partial charge in [-0.3, -0.25) is 19.0 Å². The lowest BCUT2D eigenvalue weighted by Crippen LogP contribution is -2.41. The lowest BCUT2D eigenvalue weighted by atomic mass is 10.2. The van der Waals surface area contributed by atoms with Crippen LogP contribution in [0.2, 0.25) is 4.34 Å². The fraction of sp³-hybridized carbons (Fsp3) is 0.227. The molecule has 0 fully saturated rings. The van der Waals surface area contributed by atoms with Gasteiger partial charge in [0, 0.05) is 31.2 Å². The number of hydrogen-bond donors (Lipinski definition) is 1. The second-order valence-electron chi connectivity index (χ2n) is 7.73. The molecule has 10 nitrogen and oxygen atoms in total. The smallest absolute Gasteiger partial charge is 0.320 e. The minimum absolute atomic E-state index is 0.214. The molecule has 0 saturated carbocycles. The third-order valence-corrected chi connectivity index (χ3v) is 6.24. The number of aromatic nitrogens is 5. The minimum Gasteiger partial charge on any atom is -0.346 e. The zero-order valence-electron chi connectivity index (χ0n) is 18.5. The van der Waals surface area contributed by atoms with E-state index in [0.717, 1.165) is 0 Å². The van der Waals surface area contributed by atoms with Crippen molar-refractivity contribution in [2.24, 2.45) is 0 Å². The van der Waals surface area contributed by atoms with Gasteiger partial charge >= 0.3 is 11.1 Å². The molecule has 0 spiro atoms. The van der Waals surface area contributed by atoms with Crippen molar-refractivity contribution in [3.05, 3.63) is 90.6 Å². The predicted octanol–water partition coefficient (Wildman–Crippen LogP) is 1.79. The molecule has 1 aromatic carbocycles. The molecule has 0 radical (unpaired) electrons.